The maximum absolute atomic E-state index is 5.18. The molecule has 0 N–H and O–H groups in total. The van der Waals surface area contributed by atoms with E-state index in [1.165, 1.54) is 0 Å². The van der Waals surface area contributed by atoms with Crippen molar-refractivity contribution in [3.63, 3.8) is 0 Å². The molecule has 1 aromatic heterocycles. The van der Waals surface area contributed by atoms with Gasteiger partial charge < -0.3 is 4.74 Å². The topological polar surface area (TPSA) is 22.1 Å². The number of hydrogen-bond donors (Lipinski definition) is 0. The first-order chi connectivity index (χ1) is 7.33. The Bertz CT molecular complexity index is 407. The second kappa shape index (κ2) is 7.80. The average molecular weight is 205 g/mol. The van der Waals surface area contributed by atoms with E-state index in [0.29, 0.717) is 0 Å². The third-order valence-electron chi connectivity index (χ3n) is 1.80. The molecule has 0 aliphatic rings. The predicted octanol–water partition coefficient (Wildman–Crippen LogP) is 1.88. The van der Waals surface area contributed by atoms with Gasteiger partial charge in [-0.15, -0.1) is 0 Å². The fourth-order valence-corrected chi connectivity index (χ4v) is 1.16. The highest BCUT2D eigenvalue weighted by molar-refractivity contribution is 5.42. The summed E-state index contributed by atoms with van der Waals surface area (Å²) in [6, 6.07) is 0. The van der Waals surface area contributed by atoms with Gasteiger partial charge in [-0.3, -0.25) is 4.98 Å². The molecule has 0 saturated heterocycles. The average Bonchev–Trinajstić information content (AvgIpc) is 2.32. The number of pyridine rings is 1. The van der Waals surface area contributed by atoms with Crippen LogP contribution < -0.4 is 15.2 Å². The van der Waals surface area contributed by atoms with Crippen molar-refractivity contribution >= 4 is 12.2 Å². The van der Waals surface area contributed by atoms with E-state index in [1.807, 2.05) is 32.9 Å². The molecule has 0 aliphatic heterocycles. The molecule has 0 bridgehead atoms. The van der Waals surface area contributed by atoms with Gasteiger partial charge >= 0.3 is 0 Å². The summed E-state index contributed by atoms with van der Waals surface area (Å²) in [5.74, 6) is 0.774. The molecule has 82 valence electrons. The summed E-state index contributed by atoms with van der Waals surface area (Å²) >= 11 is 0. The van der Waals surface area contributed by atoms with Crippen molar-refractivity contribution in [3.05, 3.63) is 35.5 Å². The molecule has 1 rings (SSSR count). The van der Waals surface area contributed by atoms with E-state index in [-0.39, 0.29) is 0 Å². The van der Waals surface area contributed by atoms with E-state index < -0.39 is 0 Å². The van der Waals surface area contributed by atoms with Crippen LogP contribution in [0.25, 0.3) is 12.2 Å². The molecule has 0 radical (unpaired) electrons. The molecule has 0 amide bonds. The van der Waals surface area contributed by atoms with Crippen molar-refractivity contribution in [3.8, 4) is 5.75 Å². The third-order valence-corrected chi connectivity index (χ3v) is 1.80. The van der Waals surface area contributed by atoms with Crippen LogP contribution in [0.3, 0.4) is 0 Å². The highest BCUT2D eigenvalue weighted by atomic mass is 16.5. The lowest BCUT2D eigenvalue weighted by Crippen LogP contribution is -2.26. The Kier molecular flexibility index (Phi) is 6.98. The largest absolute Gasteiger partial charge is 0.494 e. The van der Waals surface area contributed by atoms with Crippen molar-refractivity contribution in [2.24, 2.45) is 0 Å². The Morgan fingerprint density at radius 2 is 2.00 bits per heavy atom. The van der Waals surface area contributed by atoms with E-state index in [2.05, 4.69) is 11.6 Å². The number of ether oxygens (including phenoxy) is 1. The molecule has 0 aliphatic carbocycles. The van der Waals surface area contributed by atoms with E-state index in [4.69, 9.17) is 4.74 Å². The normalized spacial score (nSPS) is 11.7. The van der Waals surface area contributed by atoms with Crippen LogP contribution in [0, 0.1) is 0 Å². The second-order valence-electron chi connectivity index (χ2n) is 2.54. The lowest BCUT2D eigenvalue weighted by Gasteiger charge is -1.99. The van der Waals surface area contributed by atoms with Crippen molar-refractivity contribution in [1.82, 2.24) is 4.98 Å². The van der Waals surface area contributed by atoms with Crippen LogP contribution in [-0.2, 0) is 0 Å². The summed E-state index contributed by atoms with van der Waals surface area (Å²) in [4.78, 5) is 4.06. The third kappa shape index (κ3) is 3.58. The smallest absolute Gasteiger partial charge is 0.144 e. The first-order valence-corrected chi connectivity index (χ1v) is 5.10. The fourth-order valence-electron chi connectivity index (χ4n) is 1.16. The van der Waals surface area contributed by atoms with Crippen LogP contribution in [0.2, 0.25) is 0 Å². The van der Waals surface area contributed by atoms with Crippen molar-refractivity contribution in [1.29, 1.82) is 0 Å². The van der Waals surface area contributed by atoms with Gasteiger partial charge in [-0.1, -0.05) is 38.7 Å². The molecule has 2 heteroatoms. The zero-order valence-corrected chi connectivity index (χ0v) is 9.95. The van der Waals surface area contributed by atoms with Gasteiger partial charge in [0.2, 0.25) is 0 Å². The van der Waals surface area contributed by atoms with Gasteiger partial charge in [-0.05, 0) is 12.1 Å². The highest BCUT2D eigenvalue weighted by Gasteiger charge is 1.93. The lowest BCUT2D eigenvalue weighted by molar-refractivity contribution is 0.409. The zero-order chi connectivity index (χ0) is 11.7. The fraction of sp³-hybridized carbons (Fsp3) is 0.308. The number of aromatic nitrogens is 1. The van der Waals surface area contributed by atoms with Crippen molar-refractivity contribution in [2.75, 3.05) is 7.11 Å². The van der Waals surface area contributed by atoms with Gasteiger partial charge in [0.15, 0.2) is 0 Å². The number of rotatable bonds is 2. The van der Waals surface area contributed by atoms with Gasteiger partial charge in [-0.2, -0.15) is 0 Å². The maximum atomic E-state index is 5.18. The Morgan fingerprint density at radius 1 is 1.33 bits per heavy atom. The van der Waals surface area contributed by atoms with E-state index in [9.17, 15) is 0 Å². The Morgan fingerprint density at radius 3 is 2.47 bits per heavy atom. The van der Waals surface area contributed by atoms with Gasteiger partial charge in [0, 0.05) is 11.4 Å². The number of hydrogen-bond acceptors (Lipinski definition) is 2. The van der Waals surface area contributed by atoms with E-state index in [0.717, 1.165) is 16.2 Å². The van der Waals surface area contributed by atoms with Gasteiger partial charge in [0.1, 0.15) is 5.75 Å². The minimum absolute atomic E-state index is 0.774. The molecule has 0 fully saturated rings. The zero-order valence-electron chi connectivity index (χ0n) is 9.95. The van der Waals surface area contributed by atoms with Crippen LogP contribution >= 0.6 is 0 Å². The number of nitrogens with zero attached hydrogens (tertiary/aromatic N) is 1. The molecular weight excluding hydrogens is 186 g/mol. The highest BCUT2D eigenvalue weighted by Crippen LogP contribution is 1.94. The van der Waals surface area contributed by atoms with Gasteiger partial charge in [0.25, 0.3) is 0 Å². The molecule has 0 aromatic carbocycles. The number of methoxy groups -OCH3 is 1. The van der Waals surface area contributed by atoms with Crippen molar-refractivity contribution in [2.45, 2.75) is 20.8 Å². The Balaban J connectivity index is 0.000000921. The van der Waals surface area contributed by atoms with E-state index in [1.54, 1.807) is 25.6 Å². The van der Waals surface area contributed by atoms with Gasteiger partial charge in [-0.25, -0.2) is 0 Å². The number of allylic oxidation sites excluding steroid dienone is 1. The summed E-state index contributed by atoms with van der Waals surface area (Å²) in [7, 11) is 1.64. The molecule has 0 spiro atoms. The quantitative estimate of drug-likeness (QED) is 0.735. The standard InChI is InChI=1S/C11H13NO.C2H6/c1-4-6-10-9(5-2)7-12-8-11(10)13-3;1-2/h4-8H,1H2,2-3H3;1-2H3/b9-5-,10-6+;. The van der Waals surface area contributed by atoms with Crippen LogP contribution in [-0.4, -0.2) is 12.1 Å². The molecule has 0 unspecified atom stereocenters. The van der Waals surface area contributed by atoms with Crippen LogP contribution in [0.4, 0.5) is 0 Å². The Hall–Kier alpha value is -1.57. The first-order valence-electron chi connectivity index (χ1n) is 5.10. The minimum Gasteiger partial charge on any atom is -0.494 e. The molecule has 0 atom stereocenters. The summed E-state index contributed by atoms with van der Waals surface area (Å²) < 4.78 is 5.18. The second-order valence-corrected chi connectivity index (χ2v) is 2.54. The SMILES string of the molecule is C=C/C=c1/c(OC)cnc/c1=C/C.CC. The molecule has 0 saturated carbocycles. The first kappa shape index (κ1) is 13.4. The minimum atomic E-state index is 0.774. The predicted molar refractivity (Wildman–Crippen MR) is 66.2 cm³/mol. The summed E-state index contributed by atoms with van der Waals surface area (Å²) in [6.07, 6.45) is 9.14. The molecule has 15 heavy (non-hydrogen) atoms. The Labute approximate surface area is 91.6 Å². The lowest BCUT2D eigenvalue weighted by atomic mass is 10.2. The molecular formula is C13H19NO. The van der Waals surface area contributed by atoms with E-state index >= 15 is 0 Å². The molecule has 1 heterocycles. The summed E-state index contributed by atoms with van der Waals surface area (Å²) in [5, 5.41) is 2.08. The summed E-state index contributed by atoms with van der Waals surface area (Å²) in [5.41, 5.74) is 0. The molecule has 1 aromatic rings. The van der Waals surface area contributed by atoms with Crippen LogP contribution in [0.1, 0.15) is 20.8 Å². The molecule has 2 nitrogen and oxygen atoms in total. The summed E-state index contributed by atoms with van der Waals surface area (Å²) in [6.45, 7) is 9.63. The van der Waals surface area contributed by atoms with Crippen LogP contribution in [0.15, 0.2) is 25.0 Å². The van der Waals surface area contributed by atoms with Crippen molar-refractivity contribution < 1.29 is 4.74 Å². The monoisotopic (exact) mass is 205 g/mol. The van der Waals surface area contributed by atoms with Crippen LogP contribution in [0.5, 0.6) is 5.75 Å². The maximum Gasteiger partial charge on any atom is 0.144 e. The van der Waals surface area contributed by atoms with Gasteiger partial charge in [0.05, 0.1) is 13.3 Å².